The van der Waals surface area contributed by atoms with Gasteiger partial charge in [0, 0.05) is 38.6 Å². The first-order valence-electron chi connectivity index (χ1n) is 17.5. The van der Waals surface area contributed by atoms with Crippen LogP contribution >= 0.6 is 0 Å². The summed E-state index contributed by atoms with van der Waals surface area (Å²) in [5, 5.41) is 7.42. The van der Waals surface area contributed by atoms with Crippen LogP contribution in [0.5, 0.6) is 0 Å². The first kappa shape index (κ1) is 30.0. The predicted molar refractivity (Wildman–Crippen MR) is 215 cm³/mol. The standard InChI is InChI=1S/C48H38N2/c1-48(2,3)43-28-16-14-27-41(43)46-37-23-10-12-25-39(37)47(40-26-13-11-24-38(40)46)49(33-18-6-4-7-19-33)35-30-31-45-42(32-35)36-22-15-17-29-44(36)50(45)34-20-8-5-9-21-34/h4-32H,1-3H3. The molecule has 0 unspecified atom stereocenters. The van der Waals surface area contributed by atoms with E-state index in [2.05, 4.69) is 206 Å². The Hall–Kier alpha value is -6.12. The Bertz CT molecular complexity index is 2620. The molecule has 1 heterocycles. The van der Waals surface area contributed by atoms with Crippen molar-refractivity contribution in [3.8, 4) is 16.8 Å². The average Bonchev–Trinajstić information content (AvgIpc) is 3.49. The number of rotatable bonds is 5. The molecular weight excluding hydrogens is 605 g/mol. The van der Waals surface area contributed by atoms with Crippen molar-refractivity contribution in [2.24, 2.45) is 0 Å². The van der Waals surface area contributed by atoms with E-state index in [-0.39, 0.29) is 5.41 Å². The highest BCUT2D eigenvalue weighted by Crippen LogP contribution is 2.50. The fraction of sp³-hybridized carbons (Fsp3) is 0.0833. The van der Waals surface area contributed by atoms with Crippen molar-refractivity contribution in [1.82, 2.24) is 4.57 Å². The lowest BCUT2D eigenvalue weighted by molar-refractivity contribution is 0.592. The van der Waals surface area contributed by atoms with Crippen LogP contribution in [0.4, 0.5) is 17.1 Å². The zero-order valence-corrected chi connectivity index (χ0v) is 28.6. The minimum atomic E-state index is -0.0120. The van der Waals surface area contributed by atoms with Crippen molar-refractivity contribution >= 4 is 60.4 Å². The molecule has 0 spiro atoms. The Morgan fingerprint density at radius 1 is 0.420 bits per heavy atom. The molecule has 0 aliphatic carbocycles. The number of hydrogen-bond donors (Lipinski definition) is 0. The number of nitrogens with zero attached hydrogens (tertiary/aromatic N) is 2. The fourth-order valence-corrected chi connectivity index (χ4v) is 7.93. The van der Waals surface area contributed by atoms with Gasteiger partial charge in [0.2, 0.25) is 0 Å². The Morgan fingerprint density at radius 3 is 1.60 bits per heavy atom. The third-order valence-corrected chi connectivity index (χ3v) is 10.1. The predicted octanol–water partition coefficient (Wildman–Crippen LogP) is 13.5. The second kappa shape index (κ2) is 11.8. The van der Waals surface area contributed by atoms with Crippen molar-refractivity contribution in [1.29, 1.82) is 0 Å². The normalized spacial score (nSPS) is 11.9. The molecule has 0 aliphatic heterocycles. The van der Waals surface area contributed by atoms with Gasteiger partial charge in [-0.15, -0.1) is 0 Å². The molecular formula is C48H38N2. The summed E-state index contributed by atoms with van der Waals surface area (Å²) >= 11 is 0. The van der Waals surface area contributed by atoms with Gasteiger partial charge in [-0.05, 0) is 81.4 Å². The first-order valence-corrected chi connectivity index (χ1v) is 17.5. The van der Waals surface area contributed by atoms with Crippen LogP contribution in [-0.2, 0) is 5.41 Å². The summed E-state index contributed by atoms with van der Waals surface area (Å²) in [5.74, 6) is 0. The number of hydrogen-bond acceptors (Lipinski definition) is 1. The molecule has 1 aromatic heterocycles. The highest BCUT2D eigenvalue weighted by Gasteiger charge is 2.26. The summed E-state index contributed by atoms with van der Waals surface area (Å²) in [5.41, 5.74) is 10.9. The van der Waals surface area contributed by atoms with Gasteiger partial charge in [-0.3, -0.25) is 0 Å². The van der Waals surface area contributed by atoms with Crippen LogP contribution in [0.1, 0.15) is 26.3 Å². The summed E-state index contributed by atoms with van der Waals surface area (Å²) in [7, 11) is 0. The molecule has 0 saturated heterocycles. The smallest absolute Gasteiger partial charge is 0.0618 e. The molecule has 0 fully saturated rings. The quantitative estimate of drug-likeness (QED) is 0.170. The van der Waals surface area contributed by atoms with Gasteiger partial charge < -0.3 is 9.47 Å². The van der Waals surface area contributed by atoms with Crippen LogP contribution in [0.3, 0.4) is 0 Å². The van der Waals surface area contributed by atoms with E-state index in [1.54, 1.807) is 0 Å². The van der Waals surface area contributed by atoms with Gasteiger partial charge in [0.25, 0.3) is 0 Å². The molecule has 0 atom stereocenters. The van der Waals surface area contributed by atoms with Crippen LogP contribution in [0.15, 0.2) is 176 Å². The van der Waals surface area contributed by atoms with Crippen molar-refractivity contribution < 1.29 is 0 Å². The van der Waals surface area contributed by atoms with Gasteiger partial charge >= 0.3 is 0 Å². The topological polar surface area (TPSA) is 8.17 Å². The van der Waals surface area contributed by atoms with Crippen LogP contribution in [0, 0.1) is 0 Å². The molecule has 0 radical (unpaired) electrons. The lowest BCUT2D eigenvalue weighted by Crippen LogP contribution is -2.13. The van der Waals surface area contributed by atoms with E-state index in [0.717, 1.165) is 17.1 Å². The van der Waals surface area contributed by atoms with E-state index < -0.39 is 0 Å². The minimum Gasteiger partial charge on any atom is -0.309 e. The van der Waals surface area contributed by atoms with Crippen molar-refractivity contribution in [2.75, 3.05) is 4.90 Å². The zero-order chi connectivity index (χ0) is 33.8. The molecule has 9 rings (SSSR count). The van der Waals surface area contributed by atoms with E-state index in [4.69, 9.17) is 0 Å². The molecule has 2 heteroatoms. The molecule has 0 amide bonds. The van der Waals surface area contributed by atoms with Gasteiger partial charge in [-0.2, -0.15) is 0 Å². The number of benzene rings is 8. The van der Waals surface area contributed by atoms with Crippen LogP contribution < -0.4 is 4.90 Å². The second-order valence-corrected chi connectivity index (χ2v) is 14.2. The summed E-state index contributed by atoms with van der Waals surface area (Å²) < 4.78 is 2.38. The van der Waals surface area contributed by atoms with Crippen molar-refractivity contribution in [3.05, 3.63) is 181 Å². The summed E-state index contributed by atoms with van der Waals surface area (Å²) in [6.45, 7) is 6.94. The summed E-state index contributed by atoms with van der Waals surface area (Å²) in [4.78, 5) is 2.47. The third kappa shape index (κ3) is 4.79. The molecule has 50 heavy (non-hydrogen) atoms. The first-order chi connectivity index (χ1) is 24.5. The molecule has 240 valence electrons. The monoisotopic (exact) mass is 642 g/mol. The van der Waals surface area contributed by atoms with Gasteiger partial charge in [-0.25, -0.2) is 0 Å². The molecule has 0 aliphatic rings. The third-order valence-electron chi connectivity index (χ3n) is 10.1. The van der Waals surface area contributed by atoms with Gasteiger partial charge in [0.1, 0.15) is 0 Å². The van der Waals surface area contributed by atoms with E-state index in [1.165, 1.54) is 65.7 Å². The van der Waals surface area contributed by atoms with E-state index in [1.807, 2.05) is 0 Å². The van der Waals surface area contributed by atoms with E-state index >= 15 is 0 Å². The molecule has 0 bridgehead atoms. The van der Waals surface area contributed by atoms with Crippen molar-refractivity contribution in [3.63, 3.8) is 0 Å². The highest BCUT2D eigenvalue weighted by molar-refractivity contribution is 6.23. The van der Waals surface area contributed by atoms with Crippen LogP contribution in [0.2, 0.25) is 0 Å². The SMILES string of the molecule is CC(C)(C)c1ccccc1-c1c2ccccc2c(N(c2ccccc2)c2ccc3c(c2)c2ccccc2n3-c2ccccc2)c2ccccc12. The highest BCUT2D eigenvalue weighted by atomic mass is 15.1. The number of aromatic nitrogens is 1. The van der Waals surface area contributed by atoms with Gasteiger partial charge in [0.05, 0.1) is 16.7 Å². The maximum Gasteiger partial charge on any atom is 0.0618 e. The number of anilines is 3. The van der Waals surface area contributed by atoms with E-state index in [0.29, 0.717) is 0 Å². The second-order valence-electron chi connectivity index (χ2n) is 14.2. The Morgan fingerprint density at radius 2 is 0.940 bits per heavy atom. The fourth-order valence-electron chi connectivity index (χ4n) is 7.93. The number of fused-ring (bicyclic) bond motifs is 5. The van der Waals surface area contributed by atoms with Gasteiger partial charge in [-0.1, -0.05) is 148 Å². The Labute approximate surface area is 293 Å². The Balaban J connectivity index is 1.38. The lowest BCUT2D eigenvalue weighted by Gasteiger charge is -2.30. The largest absolute Gasteiger partial charge is 0.309 e. The summed E-state index contributed by atoms with van der Waals surface area (Å²) in [6, 6.07) is 64.1. The maximum absolute atomic E-state index is 2.47. The molecule has 9 aromatic rings. The minimum absolute atomic E-state index is 0.0120. The Kier molecular flexibility index (Phi) is 7.07. The number of para-hydroxylation sites is 3. The maximum atomic E-state index is 2.47. The van der Waals surface area contributed by atoms with Crippen LogP contribution in [0.25, 0.3) is 60.2 Å². The summed E-state index contributed by atoms with van der Waals surface area (Å²) in [6.07, 6.45) is 0. The van der Waals surface area contributed by atoms with E-state index in [9.17, 15) is 0 Å². The van der Waals surface area contributed by atoms with Crippen molar-refractivity contribution in [2.45, 2.75) is 26.2 Å². The van der Waals surface area contributed by atoms with Gasteiger partial charge in [0.15, 0.2) is 0 Å². The van der Waals surface area contributed by atoms with Crippen LogP contribution in [-0.4, -0.2) is 4.57 Å². The zero-order valence-electron chi connectivity index (χ0n) is 28.6. The average molecular weight is 643 g/mol. The molecule has 2 nitrogen and oxygen atoms in total. The molecule has 8 aromatic carbocycles. The lowest BCUT2D eigenvalue weighted by atomic mass is 9.79. The molecule has 0 saturated carbocycles. The molecule has 0 N–H and O–H groups in total.